The van der Waals surface area contributed by atoms with E-state index in [4.69, 9.17) is 5.73 Å². The van der Waals surface area contributed by atoms with Crippen LogP contribution in [0.5, 0.6) is 0 Å². The molecule has 120 valence electrons. The Balaban J connectivity index is 1.84. The van der Waals surface area contributed by atoms with Crippen molar-refractivity contribution in [3.63, 3.8) is 0 Å². The number of pyridine rings is 1. The molecule has 0 spiro atoms. The summed E-state index contributed by atoms with van der Waals surface area (Å²) in [6.07, 6.45) is 1.45. The number of thiazole rings is 1. The summed E-state index contributed by atoms with van der Waals surface area (Å²) in [6.45, 7) is 6.52. The molecule has 7 nitrogen and oxygen atoms in total. The van der Waals surface area contributed by atoms with Crippen molar-refractivity contribution in [1.29, 1.82) is 0 Å². The molecule has 23 heavy (non-hydrogen) atoms. The Kier molecular flexibility index (Phi) is 3.77. The van der Waals surface area contributed by atoms with Crippen molar-refractivity contribution in [2.45, 2.75) is 32.7 Å². The molecule has 0 saturated heterocycles. The molecule has 3 heterocycles. The van der Waals surface area contributed by atoms with E-state index in [2.05, 4.69) is 46.0 Å². The summed E-state index contributed by atoms with van der Waals surface area (Å²) < 4.78 is 0. The second-order valence-electron chi connectivity index (χ2n) is 6.26. The van der Waals surface area contributed by atoms with Crippen LogP contribution in [0, 0.1) is 0 Å². The number of fused-ring (bicyclic) bond motifs is 1. The average molecular weight is 330 g/mol. The topological polar surface area (TPSA) is 110 Å². The molecule has 0 aliphatic rings. The normalized spacial score (nSPS) is 11.8. The highest BCUT2D eigenvalue weighted by molar-refractivity contribution is 7.21. The Hall–Kier alpha value is -2.48. The van der Waals surface area contributed by atoms with Gasteiger partial charge in [-0.15, -0.1) is 0 Å². The Labute approximate surface area is 137 Å². The van der Waals surface area contributed by atoms with Crippen molar-refractivity contribution in [3.8, 4) is 0 Å². The van der Waals surface area contributed by atoms with Crippen LogP contribution in [0.25, 0.3) is 10.3 Å². The number of nitrogen functional groups attached to an aromatic ring is 1. The number of aromatic amines is 1. The second-order valence-corrected chi connectivity index (χ2v) is 7.27. The van der Waals surface area contributed by atoms with Crippen molar-refractivity contribution in [1.82, 2.24) is 19.9 Å². The Morgan fingerprint density at radius 2 is 2.09 bits per heavy atom. The van der Waals surface area contributed by atoms with Gasteiger partial charge < -0.3 is 16.0 Å². The third-order valence-corrected chi connectivity index (χ3v) is 4.25. The van der Waals surface area contributed by atoms with E-state index in [0.717, 1.165) is 10.5 Å². The zero-order valence-electron chi connectivity index (χ0n) is 13.2. The van der Waals surface area contributed by atoms with Crippen LogP contribution in [0.4, 0.5) is 10.9 Å². The van der Waals surface area contributed by atoms with E-state index in [0.29, 0.717) is 28.6 Å². The fourth-order valence-corrected chi connectivity index (χ4v) is 2.83. The monoisotopic (exact) mass is 330 g/mol. The van der Waals surface area contributed by atoms with Crippen LogP contribution in [0.3, 0.4) is 0 Å². The molecule has 0 bridgehead atoms. The molecule has 0 aromatic carbocycles. The highest BCUT2D eigenvalue weighted by atomic mass is 32.1. The number of hydrogen-bond donors (Lipinski definition) is 3. The van der Waals surface area contributed by atoms with Crippen LogP contribution in [0.15, 0.2) is 23.3 Å². The van der Waals surface area contributed by atoms with Gasteiger partial charge in [0.05, 0.1) is 0 Å². The van der Waals surface area contributed by atoms with E-state index < -0.39 is 0 Å². The van der Waals surface area contributed by atoms with E-state index in [1.54, 1.807) is 0 Å². The smallest absolute Gasteiger partial charge is 0.253 e. The van der Waals surface area contributed by atoms with Crippen molar-refractivity contribution < 1.29 is 0 Å². The van der Waals surface area contributed by atoms with Gasteiger partial charge >= 0.3 is 0 Å². The highest BCUT2D eigenvalue weighted by Gasteiger charge is 2.15. The van der Waals surface area contributed by atoms with Gasteiger partial charge in [0.2, 0.25) is 0 Å². The lowest BCUT2D eigenvalue weighted by Crippen LogP contribution is -2.23. The van der Waals surface area contributed by atoms with Gasteiger partial charge in [0.15, 0.2) is 15.8 Å². The van der Waals surface area contributed by atoms with E-state index >= 15 is 0 Å². The lowest BCUT2D eigenvalue weighted by Gasteiger charge is -2.18. The first-order chi connectivity index (χ1) is 10.8. The fraction of sp³-hybridized carbons (Fsp3) is 0.333. The van der Waals surface area contributed by atoms with Crippen molar-refractivity contribution in [3.05, 3.63) is 40.1 Å². The van der Waals surface area contributed by atoms with Gasteiger partial charge in [-0.1, -0.05) is 32.1 Å². The number of nitrogens with two attached hydrogens (primary N) is 1. The van der Waals surface area contributed by atoms with Crippen LogP contribution in [0.1, 0.15) is 32.0 Å². The van der Waals surface area contributed by atoms with Crippen molar-refractivity contribution >= 4 is 32.6 Å². The summed E-state index contributed by atoms with van der Waals surface area (Å²) in [7, 11) is 0. The first-order valence-electron chi connectivity index (χ1n) is 7.18. The maximum atomic E-state index is 12.2. The SMILES string of the molecule is CC(C)(C)c1ccc(CNc2ncnc3sc(N)nc23)c(=O)[nH]1. The predicted octanol–water partition coefficient (Wildman–Crippen LogP) is 2.27. The number of rotatable bonds is 3. The molecule has 3 aromatic heterocycles. The molecule has 0 aliphatic carbocycles. The van der Waals surface area contributed by atoms with Gasteiger partial charge in [-0.2, -0.15) is 0 Å². The van der Waals surface area contributed by atoms with Crippen LogP contribution in [0.2, 0.25) is 0 Å². The molecule has 0 unspecified atom stereocenters. The quantitative estimate of drug-likeness (QED) is 0.679. The average Bonchev–Trinajstić information content (AvgIpc) is 2.85. The van der Waals surface area contributed by atoms with Crippen molar-refractivity contribution in [2.24, 2.45) is 0 Å². The standard InChI is InChI=1S/C15H18N6OS/c1-15(2,3)9-5-4-8(12(22)20-9)6-17-11-10-13(19-7-18-11)23-14(16)21-10/h4-5,7H,6H2,1-3H3,(H2,16,21)(H,20,22)(H,17,18,19). The van der Waals surface area contributed by atoms with Gasteiger partial charge in [-0.25, -0.2) is 15.0 Å². The van der Waals surface area contributed by atoms with E-state index in [1.165, 1.54) is 17.7 Å². The lowest BCUT2D eigenvalue weighted by molar-refractivity contribution is 0.566. The zero-order valence-corrected chi connectivity index (χ0v) is 14.0. The second kappa shape index (κ2) is 5.62. The fourth-order valence-electron chi connectivity index (χ4n) is 2.16. The Morgan fingerprint density at radius 3 is 2.78 bits per heavy atom. The predicted molar refractivity (Wildman–Crippen MR) is 92.7 cm³/mol. The third kappa shape index (κ3) is 3.16. The van der Waals surface area contributed by atoms with Gasteiger partial charge in [-0.3, -0.25) is 4.79 Å². The number of nitrogens with one attached hydrogen (secondary N) is 2. The maximum Gasteiger partial charge on any atom is 0.253 e. The Bertz CT molecular complexity index is 908. The largest absolute Gasteiger partial charge is 0.375 e. The number of H-pyrrole nitrogens is 1. The van der Waals surface area contributed by atoms with E-state index in [9.17, 15) is 4.79 Å². The summed E-state index contributed by atoms with van der Waals surface area (Å²) >= 11 is 1.30. The Morgan fingerprint density at radius 1 is 1.30 bits per heavy atom. The number of anilines is 2. The highest BCUT2D eigenvalue weighted by Crippen LogP contribution is 2.26. The molecule has 3 aromatic rings. The lowest BCUT2D eigenvalue weighted by atomic mass is 9.91. The zero-order chi connectivity index (χ0) is 16.6. The summed E-state index contributed by atoms with van der Waals surface area (Å²) in [5.41, 5.74) is 7.67. The molecule has 0 fully saturated rings. The molecule has 0 amide bonds. The summed E-state index contributed by atoms with van der Waals surface area (Å²) in [5, 5.41) is 3.57. The van der Waals surface area contributed by atoms with Crippen LogP contribution < -0.4 is 16.6 Å². The first-order valence-corrected chi connectivity index (χ1v) is 8.00. The third-order valence-electron chi connectivity index (χ3n) is 3.46. The summed E-state index contributed by atoms with van der Waals surface area (Å²) in [6, 6.07) is 3.77. The molecular weight excluding hydrogens is 312 g/mol. The molecule has 0 atom stereocenters. The first kappa shape index (κ1) is 15.4. The number of nitrogens with zero attached hydrogens (tertiary/aromatic N) is 3. The minimum atomic E-state index is -0.104. The molecule has 0 aliphatic heterocycles. The molecule has 8 heteroatoms. The van der Waals surface area contributed by atoms with Gasteiger partial charge in [-0.05, 0) is 12.1 Å². The summed E-state index contributed by atoms with van der Waals surface area (Å²) in [4.78, 5) is 28.4. The minimum Gasteiger partial charge on any atom is -0.375 e. The van der Waals surface area contributed by atoms with Crippen LogP contribution in [-0.4, -0.2) is 19.9 Å². The maximum absolute atomic E-state index is 12.2. The molecule has 0 radical (unpaired) electrons. The number of hydrogen-bond acceptors (Lipinski definition) is 7. The van der Waals surface area contributed by atoms with E-state index in [-0.39, 0.29) is 11.0 Å². The number of aromatic nitrogens is 4. The van der Waals surface area contributed by atoms with E-state index in [1.807, 2.05) is 12.1 Å². The minimum absolute atomic E-state index is 0.0952. The van der Waals surface area contributed by atoms with Gasteiger partial charge in [0, 0.05) is 23.2 Å². The van der Waals surface area contributed by atoms with Gasteiger partial charge in [0.25, 0.3) is 5.56 Å². The van der Waals surface area contributed by atoms with Crippen LogP contribution >= 0.6 is 11.3 Å². The summed E-state index contributed by atoms with van der Waals surface area (Å²) in [5.74, 6) is 0.572. The molecule has 3 rings (SSSR count). The molecule has 4 N–H and O–H groups in total. The van der Waals surface area contributed by atoms with Crippen molar-refractivity contribution in [2.75, 3.05) is 11.1 Å². The molecular formula is C15H18N6OS. The van der Waals surface area contributed by atoms with Gasteiger partial charge in [0.1, 0.15) is 11.8 Å². The van der Waals surface area contributed by atoms with Crippen LogP contribution in [-0.2, 0) is 12.0 Å². The molecule has 0 saturated carbocycles.